The molecule has 2 saturated carbocycles. The fraction of sp³-hybridized carbons (Fsp3) is 0.769. The van der Waals surface area contributed by atoms with Gasteiger partial charge in [0.25, 0.3) is 0 Å². The third-order valence-electron chi connectivity index (χ3n) is 7.37. The van der Waals surface area contributed by atoms with Crippen molar-refractivity contribution in [1.29, 1.82) is 0 Å². The summed E-state index contributed by atoms with van der Waals surface area (Å²) >= 11 is 0. The number of rotatable bonds is 9. The fourth-order valence-corrected chi connectivity index (χ4v) is 5.61. The fourth-order valence-electron chi connectivity index (χ4n) is 5.61. The van der Waals surface area contributed by atoms with Crippen molar-refractivity contribution in [1.82, 2.24) is 0 Å². The number of unbranched alkanes of at least 4 members (excludes halogenated alkanes) is 2. The van der Waals surface area contributed by atoms with Gasteiger partial charge in [-0.3, -0.25) is 0 Å². The molecule has 0 bridgehead atoms. The Bertz CT molecular complexity index is 504. The molecule has 2 fully saturated rings. The highest BCUT2D eigenvalue weighted by Crippen LogP contribution is 2.44. The molecule has 0 unspecified atom stereocenters. The van der Waals surface area contributed by atoms with E-state index in [0.717, 1.165) is 42.4 Å². The molecule has 1 heteroatoms. The second kappa shape index (κ2) is 11.1. The van der Waals surface area contributed by atoms with E-state index in [0.29, 0.717) is 0 Å². The topological polar surface area (TPSA) is 9.23 Å². The molecule has 2 aliphatic carbocycles. The monoisotopic (exact) mass is 370 g/mol. The van der Waals surface area contributed by atoms with E-state index in [4.69, 9.17) is 4.74 Å². The molecule has 0 atom stereocenters. The van der Waals surface area contributed by atoms with Crippen LogP contribution in [0.25, 0.3) is 0 Å². The molecule has 1 aromatic carbocycles. The summed E-state index contributed by atoms with van der Waals surface area (Å²) in [6.07, 6.45) is 18.7. The van der Waals surface area contributed by atoms with Crippen LogP contribution in [0.3, 0.4) is 0 Å². The Hall–Kier alpha value is -0.980. The lowest BCUT2D eigenvalue weighted by atomic mass is 9.68. The van der Waals surface area contributed by atoms with Gasteiger partial charge in [-0.05, 0) is 86.3 Å². The second-order valence-corrected chi connectivity index (χ2v) is 9.31. The average molecular weight is 371 g/mol. The zero-order valence-electron chi connectivity index (χ0n) is 17.9. The Balaban J connectivity index is 1.39. The van der Waals surface area contributed by atoms with Crippen LogP contribution >= 0.6 is 0 Å². The van der Waals surface area contributed by atoms with E-state index in [9.17, 15) is 0 Å². The lowest BCUT2D eigenvalue weighted by molar-refractivity contribution is 0.155. The summed E-state index contributed by atoms with van der Waals surface area (Å²) in [4.78, 5) is 0. The van der Waals surface area contributed by atoms with Gasteiger partial charge in [0.05, 0.1) is 6.61 Å². The zero-order chi connectivity index (χ0) is 18.9. The summed E-state index contributed by atoms with van der Waals surface area (Å²) < 4.78 is 5.73. The van der Waals surface area contributed by atoms with Crippen molar-refractivity contribution in [3.8, 4) is 5.75 Å². The second-order valence-electron chi connectivity index (χ2n) is 9.31. The maximum Gasteiger partial charge on any atom is 0.119 e. The lowest BCUT2D eigenvalue weighted by Crippen LogP contribution is -2.25. The van der Waals surface area contributed by atoms with E-state index >= 15 is 0 Å². The highest BCUT2D eigenvalue weighted by Gasteiger charge is 2.31. The van der Waals surface area contributed by atoms with Crippen molar-refractivity contribution in [2.24, 2.45) is 17.8 Å². The minimum absolute atomic E-state index is 0.784. The molecule has 0 spiro atoms. The third kappa shape index (κ3) is 6.26. The molecule has 0 amide bonds. The SMILES string of the molecule is CCCCCC1CCC(C2CCC(c3ccc(OCCC)cc3)CC2)CC1. The molecule has 152 valence electrons. The number of hydrogen-bond acceptors (Lipinski definition) is 1. The van der Waals surface area contributed by atoms with Crippen molar-refractivity contribution in [2.45, 2.75) is 103 Å². The van der Waals surface area contributed by atoms with Gasteiger partial charge < -0.3 is 4.74 Å². The highest BCUT2D eigenvalue weighted by atomic mass is 16.5. The molecule has 1 nitrogen and oxygen atoms in total. The van der Waals surface area contributed by atoms with Gasteiger partial charge in [0.15, 0.2) is 0 Å². The largest absolute Gasteiger partial charge is 0.494 e. The molecular formula is C26H42O. The van der Waals surface area contributed by atoms with Crippen LogP contribution in [0.4, 0.5) is 0 Å². The zero-order valence-corrected chi connectivity index (χ0v) is 17.9. The number of hydrogen-bond donors (Lipinski definition) is 0. The van der Waals surface area contributed by atoms with Gasteiger partial charge in [-0.15, -0.1) is 0 Å². The Labute approximate surface area is 168 Å². The first-order chi connectivity index (χ1) is 13.3. The van der Waals surface area contributed by atoms with Gasteiger partial charge in [0.2, 0.25) is 0 Å². The number of benzene rings is 1. The summed E-state index contributed by atoms with van der Waals surface area (Å²) in [6.45, 7) is 5.30. The molecule has 0 aromatic heterocycles. The standard InChI is InChI=1S/C26H42O/c1-3-5-6-7-21-8-10-22(11-9-21)23-12-14-24(15-13-23)25-16-18-26(19-17-25)27-20-4-2/h16-19,21-24H,3-15,20H2,1-2H3. The van der Waals surface area contributed by atoms with Crippen molar-refractivity contribution in [3.63, 3.8) is 0 Å². The molecule has 0 N–H and O–H groups in total. The highest BCUT2D eigenvalue weighted by molar-refractivity contribution is 5.29. The normalized spacial score (nSPS) is 28.8. The molecule has 3 rings (SSSR count). The van der Waals surface area contributed by atoms with Gasteiger partial charge in [-0.1, -0.05) is 64.5 Å². The first-order valence-corrected chi connectivity index (χ1v) is 12.0. The van der Waals surface area contributed by atoms with Gasteiger partial charge >= 0.3 is 0 Å². The van der Waals surface area contributed by atoms with Crippen molar-refractivity contribution in [3.05, 3.63) is 29.8 Å². The Morgan fingerprint density at radius 1 is 0.741 bits per heavy atom. The van der Waals surface area contributed by atoms with Crippen LogP contribution in [-0.2, 0) is 0 Å². The Kier molecular flexibility index (Phi) is 8.55. The van der Waals surface area contributed by atoms with Crippen LogP contribution in [0.2, 0.25) is 0 Å². The van der Waals surface area contributed by atoms with E-state index in [2.05, 4.69) is 38.1 Å². The van der Waals surface area contributed by atoms with Crippen LogP contribution < -0.4 is 4.74 Å². The molecule has 0 radical (unpaired) electrons. The lowest BCUT2D eigenvalue weighted by Gasteiger charge is -2.38. The predicted molar refractivity (Wildman–Crippen MR) is 117 cm³/mol. The van der Waals surface area contributed by atoms with Crippen molar-refractivity contribution in [2.75, 3.05) is 6.61 Å². The molecule has 0 aliphatic heterocycles. The van der Waals surface area contributed by atoms with Crippen LogP contribution in [0.15, 0.2) is 24.3 Å². The van der Waals surface area contributed by atoms with E-state index < -0.39 is 0 Å². The maximum atomic E-state index is 5.73. The van der Waals surface area contributed by atoms with Crippen molar-refractivity contribution >= 4 is 0 Å². The quantitative estimate of drug-likeness (QED) is 0.399. The first-order valence-electron chi connectivity index (χ1n) is 12.0. The molecular weight excluding hydrogens is 328 g/mol. The van der Waals surface area contributed by atoms with E-state index in [1.165, 1.54) is 82.6 Å². The first kappa shape index (κ1) is 20.7. The average Bonchev–Trinajstić information content (AvgIpc) is 2.73. The van der Waals surface area contributed by atoms with Crippen LogP contribution in [0.1, 0.15) is 109 Å². The summed E-state index contributed by atoms with van der Waals surface area (Å²) in [6, 6.07) is 8.99. The summed E-state index contributed by atoms with van der Waals surface area (Å²) in [5.74, 6) is 4.93. The van der Waals surface area contributed by atoms with Gasteiger partial charge in [-0.2, -0.15) is 0 Å². The molecule has 0 saturated heterocycles. The van der Waals surface area contributed by atoms with Gasteiger partial charge in [0, 0.05) is 0 Å². The predicted octanol–water partition coefficient (Wildman–Crippen LogP) is 8.14. The van der Waals surface area contributed by atoms with Gasteiger partial charge in [0.1, 0.15) is 5.75 Å². The molecule has 27 heavy (non-hydrogen) atoms. The van der Waals surface area contributed by atoms with Crippen molar-refractivity contribution < 1.29 is 4.74 Å². The Morgan fingerprint density at radius 3 is 1.96 bits per heavy atom. The summed E-state index contributed by atoms with van der Waals surface area (Å²) in [7, 11) is 0. The molecule has 2 aliphatic rings. The minimum Gasteiger partial charge on any atom is -0.494 e. The summed E-state index contributed by atoms with van der Waals surface area (Å²) in [5, 5.41) is 0. The van der Waals surface area contributed by atoms with Crippen LogP contribution in [-0.4, -0.2) is 6.61 Å². The maximum absolute atomic E-state index is 5.73. The Morgan fingerprint density at radius 2 is 1.37 bits per heavy atom. The van der Waals surface area contributed by atoms with Crippen LogP contribution in [0.5, 0.6) is 5.75 Å². The molecule has 0 heterocycles. The minimum atomic E-state index is 0.784. The van der Waals surface area contributed by atoms with E-state index in [-0.39, 0.29) is 0 Å². The smallest absolute Gasteiger partial charge is 0.119 e. The molecule has 1 aromatic rings. The van der Waals surface area contributed by atoms with E-state index in [1.54, 1.807) is 0 Å². The van der Waals surface area contributed by atoms with Crippen LogP contribution in [0, 0.1) is 17.8 Å². The summed E-state index contributed by atoms with van der Waals surface area (Å²) in [5.41, 5.74) is 1.54. The van der Waals surface area contributed by atoms with Gasteiger partial charge in [-0.25, -0.2) is 0 Å². The third-order valence-corrected chi connectivity index (χ3v) is 7.37. The van der Waals surface area contributed by atoms with E-state index in [1.807, 2.05) is 0 Å². The number of ether oxygens (including phenoxy) is 1.